The monoisotopic (exact) mass is 452 g/mol. The zero-order valence-corrected chi connectivity index (χ0v) is 17.1. The van der Waals surface area contributed by atoms with Gasteiger partial charge in [-0.3, -0.25) is 0 Å². The van der Waals surface area contributed by atoms with Gasteiger partial charge in [-0.05, 0) is 42.8 Å². The van der Waals surface area contributed by atoms with Crippen molar-refractivity contribution < 1.29 is 22.3 Å². The largest absolute Gasteiger partial charge is 0.418 e. The molecule has 10 heteroatoms. The van der Waals surface area contributed by atoms with E-state index in [1.165, 1.54) is 18.2 Å². The summed E-state index contributed by atoms with van der Waals surface area (Å²) in [6.07, 6.45) is -3.94. The molecule has 164 valence electrons. The highest BCUT2D eigenvalue weighted by Gasteiger charge is 2.35. The Balaban J connectivity index is 1.91. The van der Waals surface area contributed by atoms with Crippen LogP contribution >= 0.6 is 11.9 Å². The molecule has 0 amide bonds. The van der Waals surface area contributed by atoms with E-state index in [1.807, 2.05) is 0 Å². The van der Waals surface area contributed by atoms with Crippen LogP contribution in [-0.4, -0.2) is 23.1 Å². The van der Waals surface area contributed by atoms with E-state index in [9.17, 15) is 17.6 Å². The first-order valence-electron chi connectivity index (χ1n) is 9.38. The van der Waals surface area contributed by atoms with E-state index >= 15 is 0 Å². The molecule has 3 rings (SSSR count). The maximum absolute atomic E-state index is 13.7. The van der Waals surface area contributed by atoms with Crippen LogP contribution in [0, 0.1) is 5.95 Å². The predicted molar refractivity (Wildman–Crippen MR) is 112 cm³/mol. The Kier molecular flexibility index (Phi) is 7.83. The molecule has 0 radical (unpaired) electrons. The van der Waals surface area contributed by atoms with Crippen molar-refractivity contribution in [3.63, 3.8) is 0 Å². The highest BCUT2D eigenvalue weighted by molar-refractivity contribution is 8.00. The first kappa shape index (κ1) is 23.0. The molecule has 0 saturated heterocycles. The van der Waals surface area contributed by atoms with E-state index in [1.54, 1.807) is 30.3 Å². The van der Waals surface area contributed by atoms with Gasteiger partial charge >= 0.3 is 6.18 Å². The minimum Gasteiger partial charge on any atom is -0.377 e. The lowest BCUT2D eigenvalue weighted by molar-refractivity contribution is -0.137. The molecule has 0 spiro atoms. The molecule has 0 unspecified atom stereocenters. The fourth-order valence-electron chi connectivity index (χ4n) is 2.75. The summed E-state index contributed by atoms with van der Waals surface area (Å²) < 4.78 is 62.7. The molecule has 31 heavy (non-hydrogen) atoms. The molecule has 0 aliphatic carbocycles. The number of pyridine rings is 2. The molecule has 0 atom stereocenters. The van der Waals surface area contributed by atoms with Crippen molar-refractivity contribution in [3.05, 3.63) is 71.7 Å². The van der Waals surface area contributed by atoms with Crippen LogP contribution in [0.2, 0.25) is 0 Å². The van der Waals surface area contributed by atoms with Crippen molar-refractivity contribution in [2.75, 3.05) is 17.9 Å². The third kappa shape index (κ3) is 6.39. The molecule has 2 heterocycles. The van der Waals surface area contributed by atoms with Crippen LogP contribution in [0.3, 0.4) is 0 Å². The van der Waals surface area contributed by atoms with Crippen LogP contribution in [0.25, 0.3) is 11.3 Å². The van der Waals surface area contributed by atoms with Crippen LogP contribution in [0.15, 0.2) is 59.6 Å². The Hall–Kier alpha value is -2.69. The lowest BCUT2D eigenvalue weighted by Gasteiger charge is -2.16. The van der Waals surface area contributed by atoms with Crippen molar-refractivity contribution in [2.24, 2.45) is 5.73 Å². The standard InChI is InChI=1S/C21H20F4N4OS/c22-17-7-3-8-19(27-17)31-29-18-10-9-16(21(23,24)25)20(28-18)15-6-2-1-5-14(15)13-30-12-4-11-26/h1-3,5-10H,4,11-13,26H2,(H,28,29). The zero-order valence-electron chi connectivity index (χ0n) is 16.3. The van der Waals surface area contributed by atoms with E-state index in [-0.39, 0.29) is 18.1 Å². The van der Waals surface area contributed by atoms with Crippen LogP contribution < -0.4 is 10.5 Å². The number of benzene rings is 1. The zero-order chi connectivity index (χ0) is 22.3. The molecule has 5 nitrogen and oxygen atoms in total. The summed E-state index contributed by atoms with van der Waals surface area (Å²) in [7, 11) is 0. The number of hydrogen-bond acceptors (Lipinski definition) is 6. The van der Waals surface area contributed by atoms with Gasteiger partial charge in [0.1, 0.15) is 10.8 Å². The number of halogens is 4. The van der Waals surface area contributed by atoms with Crippen molar-refractivity contribution in [2.45, 2.75) is 24.2 Å². The Morgan fingerprint density at radius 1 is 1.00 bits per heavy atom. The van der Waals surface area contributed by atoms with E-state index < -0.39 is 17.7 Å². The number of alkyl halides is 3. The number of ether oxygens (including phenoxy) is 1. The summed E-state index contributed by atoms with van der Waals surface area (Å²) in [4.78, 5) is 7.89. The van der Waals surface area contributed by atoms with Gasteiger partial charge in [-0.2, -0.15) is 17.6 Å². The molecular weight excluding hydrogens is 432 g/mol. The third-order valence-corrected chi connectivity index (χ3v) is 4.92. The fraction of sp³-hybridized carbons (Fsp3) is 0.238. The highest BCUT2D eigenvalue weighted by Crippen LogP contribution is 2.38. The number of anilines is 1. The SMILES string of the molecule is NCCCOCc1ccccc1-c1nc(NSc2cccc(F)n2)ccc1C(F)(F)F. The van der Waals surface area contributed by atoms with Gasteiger partial charge in [0, 0.05) is 24.1 Å². The van der Waals surface area contributed by atoms with Gasteiger partial charge in [0.05, 0.1) is 17.9 Å². The van der Waals surface area contributed by atoms with Gasteiger partial charge in [-0.15, -0.1) is 0 Å². The molecule has 0 saturated carbocycles. The minimum absolute atomic E-state index is 0.134. The van der Waals surface area contributed by atoms with Crippen molar-refractivity contribution in [1.82, 2.24) is 9.97 Å². The van der Waals surface area contributed by atoms with Crippen molar-refractivity contribution >= 4 is 17.8 Å². The minimum atomic E-state index is -4.59. The van der Waals surface area contributed by atoms with E-state index in [0.29, 0.717) is 35.7 Å². The van der Waals surface area contributed by atoms with Gasteiger partial charge in [0.15, 0.2) is 0 Å². The normalized spacial score (nSPS) is 11.5. The Bertz CT molecular complexity index is 1020. The van der Waals surface area contributed by atoms with Crippen LogP contribution in [-0.2, 0) is 17.5 Å². The molecular formula is C21H20F4N4OS. The van der Waals surface area contributed by atoms with Gasteiger partial charge < -0.3 is 15.2 Å². The first-order chi connectivity index (χ1) is 14.9. The lowest BCUT2D eigenvalue weighted by atomic mass is 10.00. The van der Waals surface area contributed by atoms with Crippen LogP contribution in [0.4, 0.5) is 23.4 Å². The summed E-state index contributed by atoms with van der Waals surface area (Å²) in [5.41, 5.74) is 5.26. The maximum Gasteiger partial charge on any atom is 0.418 e. The highest BCUT2D eigenvalue weighted by atomic mass is 32.2. The number of nitrogens with one attached hydrogen (secondary N) is 1. The second kappa shape index (κ2) is 10.6. The average molecular weight is 452 g/mol. The molecule has 3 N–H and O–H groups in total. The Morgan fingerprint density at radius 3 is 2.55 bits per heavy atom. The predicted octanol–water partition coefficient (Wildman–Crippen LogP) is 5.29. The number of hydrogen-bond donors (Lipinski definition) is 2. The van der Waals surface area contributed by atoms with Gasteiger partial charge in [0.25, 0.3) is 0 Å². The number of aromatic nitrogens is 2. The molecule has 0 aliphatic rings. The topological polar surface area (TPSA) is 73.1 Å². The second-order valence-corrected chi connectivity index (χ2v) is 7.27. The van der Waals surface area contributed by atoms with Gasteiger partial charge in [0.2, 0.25) is 5.95 Å². The summed E-state index contributed by atoms with van der Waals surface area (Å²) in [5, 5.41) is 0.317. The van der Waals surface area contributed by atoms with E-state index in [2.05, 4.69) is 14.7 Å². The smallest absolute Gasteiger partial charge is 0.377 e. The summed E-state index contributed by atoms with van der Waals surface area (Å²) in [6.45, 7) is 1.00. The Morgan fingerprint density at radius 2 is 1.81 bits per heavy atom. The lowest BCUT2D eigenvalue weighted by Crippen LogP contribution is -2.10. The molecule has 2 aromatic heterocycles. The third-order valence-electron chi connectivity index (χ3n) is 4.17. The number of nitrogens with zero attached hydrogens (tertiary/aromatic N) is 2. The molecule has 0 aliphatic heterocycles. The van der Waals surface area contributed by atoms with E-state index in [0.717, 1.165) is 18.0 Å². The molecule has 1 aromatic carbocycles. The molecule has 0 bridgehead atoms. The van der Waals surface area contributed by atoms with Crippen molar-refractivity contribution in [1.29, 1.82) is 0 Å². The quantitative estimate of drug-likeness (QED) is 0.199. The Labute approximate surface area is 181 Å². The van der Waals surface area contributed by atoms with Crippen LogP contribution in [0.1, 0.15) is 17.5 Å². The van der Waals surface area contributed by atoms with Gasteiger partial charge in [-0.1, -0.05) is 30.3 Å². The van der Waals surface area contributed by atoms with Crippen molar-refractivity contribution in [3.8, 4) is 11.3 Å². The van der Waals surface area contributed by atoms with Crippen LogP contribution in [0.5, 0.6) is 0 Å². The first-order valence-corrected chi connectivity index (χ1v) is 10.2. The fourth-order valence-corrected chi connectivity index (χ4v) is 3.35. The summed E-state index contributed by atoms with van der Waals surface area (Å²) >= 11 is 0.947. The maximum atomic E-state index is 13.7. The van der Waals surface area contributed by atoms with Gasteiger partial charge in [-0.25, -0.2) is 9.97 Å². The van der Waals surface area contributed by atoms with E-state index in [4.69, 9.17) is 10.5 Å². The number of rotatable bonds is 9. The summed E-state index contributed by atoms with van der Waals surface area (Å²) in [6, 6.07) is 13.1. The molecule has 0 fully saturated rings. The molecule has 3 aromatic rings. The summed E-state index contributed by atoms with van der Waals surface area (Å²) in [5.74, 6) is -0.477. The second-order valence-electron chi connectivity index (χ2n) is 6.45. The average Bonchev–Trinajstić information content (AvgIpc) is 2.75. The number of nitrogens with two attached hydrogens (primary N) is 1.